The van der Waals surface area contributed by atoms with E-state index in [4.69, 9.17) is 0 Å². The van der Waals surface area contributed by atoms with Crippen molar-refractivity contribution in [1.82, 2.24) is 20.3 Å². The van der Waals surface area contributed by atoms with Crippen molar-refractivity contribution in [1.29, 1.82) is 0 Å². The summed E-state index contributed by atoms with van der Waals surface area (Å²) in [7, 11) is 0. The first-order valence-corrected chi connectivity index (χ1v) is 7.55. The second kappa shape index (κ2) is 5.84. The molecule has 2 heterocycles. The lowest BCUT2D eigenvalue weighted by Crippen LogP contribution is -2.27. The van der Waals surface area contributed by atoms with Crippen LogP contribution in [-0.4, -0.2) is 21.0 Å². The Kier molecular flexibility index (Phi) is 4.37. The Bertz CT molecular complexity index is 496. The van der Waals surface area contributed by atoms with Crippen LogP contribution in [-0.2, 0) is 18.5 Å². The van der Waals surface area contributed by atoms with Gasteiger partial charge in [-0.05, 0) is 56.5 Å². The highest BCUT2D eigenvalue weighted by atomic mass is 32.1. The Morgan fingerprint density at radius 2 is 2.21 bits per heavy atom. The molecule has 0 aliphatic heterocycles. The van der Waals surface area contributed by atoms with Gasteiger partial charge in [0.1, 0.15) is 0 Å². The number of nitrogens with one attached hydrogen (secondary N) is 1. The van der Waals surface area contributed by atoms with Gasteiger partial charge >= 0.3 is 0 Å². The average Bonchev–Trinajstić information content (AvgIpc) is 2.95. The average molecular weight is 278 g/mol. The van der Waals surface area contributed by atoms with Crippen molar-refractivity contribution in [3.05, 3.63) is 34.3 Å². The van der Waals surface area contributed by atoms with Crippen molar-refractivity contribution < 1.29 is 0 Å². The highest BCUT2D eigenvalue weighted by Gasteiger charge is 2.15. The fraction of sp³-hybridized carbons (Fsp3) is 0.571. The SMILES string of the molecule is CC(Cc1ccsc1)NCc1cn(C(C)(C)C)nn1. The van der Waals surface area contributed by atoms with Crippen LogP contribution in [0.25, 0.3) is 0 Å². The second-order valence-electron chi connectivity index (χ2n) is 5.94. The van der Waals surface area contributed by atoms with Crippen LogP contribution < -0.4 is 5.32 Å². The molecule has 1 N–H and O–H groups in total. The smallest absolute Gasteiger partial charge is 0.0965 e. The number of hydrogen-bond donors (Lipinski definition) is 1. The Morgan fingerprint density at radius 3 is 2.79 bits per heavy atom. The molecule has 104 valence electrons. The summed E-state index contributed by atoms with van der Waals surface area (Å²) in [5.41, 5.74) is 2.38. The van der Waals surface area contributed by atoms with Crippen molar-refractivity contribution in [2.75, 3.05) is 0 Å². The van der Waals surface area contributed by atoms with Crippen molar-refractivity contribution in [2.45, 2.75) is 52.2 Å². The minimum Gasteiger partial charge on any atom is -0.308 e. The molecule has 5 heteroatoms. The molecule has 0 radical (unpaired) electrons. The largest absolute Gasteiger partial charge is 0.308 e. The van der Waals surface area contributed by atoms with E-state index >= 15 is 0 Å². The van der Waals surface area contributed by atoms with Gasteiger partial charge in [-0.15, -0.1) is 5.10 Å². The topological polar surface area (TPSA) is 42.7 Å². The number of rotatable bonds is 5. The fourth-order valence-electron chi connectivity index (χ4n) is 1.82. The fourth-order valence-corrected chi connectivity index (χ4v) is 2.50. The number of hydrogen-bond acceptors (Lipinski definition) is 4. The van der Waals surface area contributed by atoms with E-state index in [9.17, 15) is 0 Å². The lowest BCUT2D eigenvalue weighted by molar-refractivity contribution is 0.347. The number of aromatic nitrogens is 3. The third kappa shape index (κ3) is 4.14. The molecule has 1 unspecified atom stereocenters. The third-order valence-corrected chi connectivity index (χ3v) is 3.71. The summed E-state index contributed by atoms with van der Waals surface area (Å²) >= 11 is 1.75. The molecule has 0 spiro atoms. The first-order valence-electron chi connectivity index (χ1n) is 6.61. The maximum absolute atomic E-state index is 4.20. The van der Waals surface area contributed by atoms with Gasteiger partial charge in [0.05, 0.1) is 17.4 Å². The van der Waals surface area contributed by atoms with E-state index in [1.807, 2.05) is 10.9 Å². The standard InChI is InChI=1S/C14H22N4S/c1-11(7-12-5-6-19-10-12)15-8-13-9-18(17-16-13)14(2,3)4/h5-6,9-11,15H,7-8H2,1-4H3. The van der Waals surface area contributed by atoms with Crippen LogP contribution in [0.15, 0.2) is 23.0 Å². The summed E-state index contributed by atoms with van der Waals surface area (Å²) in [6.45, 7) is 9.33. The molecule has 1 atom stereocenters. The highest BCUT2D eigenvalue weighted by Crippen LogP contribution is 2.12. The molecule has 2 aromatic rings. The Balaban J connectivity index is 1.83. The normalized spacial score (nSPS) is 13.7. The molecule has 0 saturated heterocycles. The van der Waals surface area contributed by atoms with E-state index < -0.39 is 0 Å². The molecule has 0 saturated carbocycles. The maximum atomic E-state index is 4.20. The third-order valence-electron chi connectivity index (χ3n) is 2.98. The summed E-state index contributed by atoms with van der Waals surface area (Å²) in [6.07, 6.45) is 3.07. The van der Waals surface area contributed by atoms with Gasteiger partial charge in [0.25, 0.3) is 0 Å². The molecule has 0 aromatic carbocycles. The molecule has 0 fully saturated rings. The molecule has 19 heavy (non-hydrogen) atoms. The lowest BCUT2D eigenvalue weighted by Gasteiger charge is -2.17. The number of nitrogens with zero attached hydrogens (tertiary/aromatic N) is 3. The molecular formula is C14H22N4S. The first-order chi connectivity index (χ1) is 8.95. The summed E-state index contributed by atoms with van der Waals surface area (Å²) in [6, 6.07) is 2.62. The number of thiophene rings is 1. The zero-order chi connectivity index (χ0) is 13.9. The highest BCUT2D eigenvalue weighted by molar-refractivity contribution is 7.07. The summed E-state index contributed by atoms with van der Waals surface area (Å²) < 4.78 is 1.91. The minimum absolute atomic E-state index is 0.00641. The van der Waals surface area contributed by atoms with Crippen LogP contribution >= 0.6 is 11.3 Å². The van der Waals surface area contributed by atoms with E-state index in [0.717, 1.165) is 18.7 Å². The monoisotopic (exact) mass is 278 g/mol. The van der Waals surface area contributed by atoms with E-state index in [0.29, 0.717) is 6.04 Å². The van der Waals surface area contributed by atoms with E-state index in [1.54, 1.807) is 11.3 Å². The molecule has 0 aliphatic carbocycles. The van der Waals surface area contributed by atoms with Crippen LogP contribution in [0, 0.1) is 0 Å². The molecule has 0 amide bonds. The van der Waals surface area contributed by atoms with Crippen LogP contribution in [0.5, 0.6) is 0 Å². The van der Waals surface area contributed by atoms with Gasteiger partial charge in [0.2, 0.25) is 0 Å². The Hall–Kier alpha value is -1.20. The molecule has 0 aliphatic rings. The minimum atomic E-state index is -0.00641. The summed E-state index contributed by atoms with van der Waals surface area (Å²) in [5.74, 6) is 0. The quantitative estimate of drug-likeness (QED) is 0.914. The van der Waals surface area contributed by atoms with Crippen molar-refractivity contribution >= 4 is 11.3 Å². The summed E-state index contributed by atoms with van der Waals surface area (Å²) in [5, 5.41) is 16.2. The molecule has 4 nitrogen and oxygen atoms in total. The molecule has 2 rings (SSSR count). The van der Waals surface area contributed by atoms with Crippen molar-refractivity contribution in [3.8, 4) is 0 Å². The first kappa shape index (κ1) is 14.2. The van der Waals surface area contributed by atoms with Crippen molar-refractivity contribution in [2.24, 2.45) is 0 Å². The molecular weight excluding hydrogens is 256 g/mol. The predicted molar refractivity (Wildman–Crippen MR) is 79.3 cm³/mol. The van der Waals surface area contributed by atoms with Crippen LogP contribution in [0.3, 0.4) is 0 Å². The van der Waals surface area contributed by atoms with E-state index in [-0.39, 0.29) is 5.54 Å². The second-order valence-corrected chi connectivity index (χ2v) is 6.72. The lowest BCUT2D eigenvalue weighted by atomic mass is 10.1. The van der Waals surface area contributed by atoms with Crippen molar-refractivity contribution in [3.63, 3.8) is 0 Å². The van der Waals surface area contributed by atoms with E-state index in [1.165, 1.54) is 5.56 Å². The molecule has 0 bridgehead atoms. The Morgan fingerprint density at radius 1 is 1.42 bits per heavy atom. The van der Waals surface area contributed by atoms with Crippen LogP contribution in [0.2, 0.25) is 0 Å². The Labute approximate surface area is 118 Å². The van der Waals surface area contributed by atoms with Gasteiger partial charge in [-0.25, -0.2) is 4.68 Å². The van der Waals surface area contributed by atoms with Gasteiger partial charge in [-0.3, -0.25) is 0 Å². The van der Waals surface area contributed by atoms with Crippen LogP contribution in [0.4, 0.5) is 0 Å². The van der Waals surface area contributed by atoms with Gasteiger partial charge in [0.15, 0.2) is 0 Å². The van der Waals surface area contributed by atoms with E-state index in [2.05, 4.69) is 60.2 Å². The zero-order valence-electron chi connectivity index (χ0n) is 12.1. The maximum Gasteiger partial charge on any atom is 0.0965 e. The van der Waals surface area contributed by atoms with Gasteiger partial charge in [0, 0.05) is 12.6 Å². The van der Waals surface area contributed by atoms with Crippen LogP contribution in [0.1, 0.15) is 39.0 Å². The zero-order valence-corrected chi connectivity index (χ0v) is 12.9. The van der Waals surface area contributed by atoms with Gasteiger partial charge < -0.3 is 5.32 Å². The summed E-state index contributed by atoms with van der Waals surface area (Å²) in [4.78, 5) is 0. The van der Waals surface area contributed by atoms with Gasteiger partial charge in [-0.1, -0.05) is 5.21 Å². The predicted octanol–water partition coefficient (Wildman–Crippen LogP) is 2.82. The van der Waals surface area contributed by atoms with Gasteiger partial charge in [-0.2, -0.15) is 11.3 Å². The molecule has 2 aromatic heterocycles.